The predicted molar refractivity (Wildman–Crippen MR) is 65.9 cm³/mol. The molecule has 3 heteroatoms. The minimum atomic E-state index is -0.716. The summed E-state index contributed by atoms with van der Waals surface area (Å²) < 4.78 is 0. The molecule has 0 atom stereocenters. The molecule has 0 saturated heterocycles. The molecule has 1 aromatic rings. The van der Waals surface area contributed by atoms with E-state index < -0.39 is 5.97 Å². The first kappa shape index (κ1) is 12.6. The molecular weight excluding hydrogens is 202 g/mol. The maximum Gasteiger partial charge on any atom is 0.303 e. The van der Waals surface area contributed by atoms with Crippen molar-refractivity contribution in [3.63, 3.8) is 0 Å². The summed E-state index contributed by atoms with van der Waals surface area (Å²) in [6.45, 7) is 5.01. The molecule has 0 spiro atoms. The van der Waals surface area contributed by atoms with Crippen LogP contribution in [0.1, 0.15) is 30.4 Å². The first-order valence-electron chi connectivity index (χ1n) is 5.62. The molecule has 0 amide bonds. The fraction of sp³-hybridized carbons (Fsp3) is 0.462. The molecule has 1 rings (SSSR count). The molecule has 0 saturated carbocycles. The van der Waals surface area contributed by atoms with Gasteiger partial charge in [0.2, 0.25) is 0 Å². The zero-order chi connectivity index (χ0) is 12.0. The van der Waals surface area contributed by atoms with Crippen molar-refractivity contribution < 1.29 is 9.90 Å². The van der Waals surface area contributed by atoms with Crippen molar-refractivity contribution in [2.75, 3.05) is 11.9 Å². The molecule has 0 unspecified atom stereocenters. The van der Waals surface area contributed by atoms with Gasteiger partial charge in [0.15, 0.2) is 0 Å². The van der Waals surface area contributed by atoms with Gasteiger partial charge in [0.25, 0.3) is 0 Å². The van der Waals surface area contributed by atoms with Gasteiger partial charge in [-0.1, -0.05) is 6.07 Å². The van der Waals surface area contributed by atoms with E-state index in [9.17, 15) is 4.79 Å². The van der Waals surface area contributed by atoms with Gasteiger partial charge in [0.05, 0.1) is 0 Å². The summed E-state index contributed by atoms with van der Waals surface area (Å²) in [5, 5.41) is 11.8. The van der Waals surface area contributed by atoms with E-state index in [1.54, 1.807) is 0 Å². The highest BCUT2D eigenvalue weighted by molar-refractivity contribution is 5.66. The molecule has 0 radical (unpaired) electrons. The van der Waals surface area contributed by atoms with Crippen LogP contribution in [0.3, 0.4) is 0 Å². The summed E-state index contributed by atoms with van der Waals surface area (Å²) >= 11 is 0. The van der Waals surface area contributed by atoms with Crippen LogP contribution in [-0.4, -0.2) is 17.6 Å². The van der Waals surface area contributed by atoms with Crippen LogP contribution in [0.25, 0.3) is 0 Å². The smallest absolute Gasteiger partial charge is 0.303 e. The highest BCUT2D eigenvalue weighted by Crippen LogP contribution is 2.14. The molecule has 0 aliphatic carbocycles. The molecule has 0 bridgehead atoms. The number of unbranched alkanes of at least 4 members (excludes halogenated alkanes) is 1. The van der Waals surface area contributed by atoms with Crippen LogP contribution in [0, 0.1) is 13.8 Å². The molecule has 1 aromatic carbocycles. The molecule has 88 valence electrons. The lowest BCUT2D eigenvalue weighted by molar-refractivity contribution is -0.137. The second-order valence-corrected chi connectivity index (χ2v) is 4.08. The SMILES string of the molecule is Cc1ccc(NCCCCC(=O)O)cc1C. The standard InChI is InChI=1S/C13H19NO2/c1-10-6-7-12(9-11(10)2)14-8-4-3-5-13(15)16/h6-7,9,14H,3-5,8H2,1-2H3,(H,15,16). The van der Waals surface area contributed by atoms with Crippen molar-refractivity contribution in [3.05, 3.63) is 29.3 Å². The van der Waals surface area contributed by atoms with Gasteiger partial charge in [0, 0.05) is 18.7 Å². The van der Waals surface area contributed by atoms with Crippen molar-refractivity contribution in [2.45, 2.75) is 33.1 Å². The quantitative estimate of drug-likeness (QED) is 0.726. The minimum Gasteiger partial charge on any atom is -0.481 e. The Balaban J connectivity index is 2.27. The van der Waals surface area contributed by atoms with Crippen LogP contribution in [0.15, 0.2) is 18.2 Å². The first-order chi connectivity index (χ1) is 7.59. The van der Waals surface area contributed by atoms with E-state index in [4.69, 9.17) is 5.11 Å². The number of benzene rings is 1. The summed E-state index contributed by atoms with van der Waals surface area (Å²) in [5.41, 5.74) is 3.67. The van der Waals surface area contributed by atoms with Crippen LogP contribution in [-0.2, 0) is 4.79 Å². The molecule has 0 aliphatic rings. The van der Waals surface area contributed by atoms with Crippen molar-refractivity contribution >= 4 is 11.7 Å². The van der Waals surface area contributed by atoms with Crippen molar-refractivity contribution in [1.82, 2.24) is 0 Å². The Morgan fingerprint density at radius 2 is 2.00 bits per heavy atom. The van der Waals surface area contributed by atoms with Gasteiger partial charge < -0.3 is 10.4 Å². The lowest BCUT2D eigenvalue weighted by atomic mass is 10.1. The Bertz CT molecular complexity index is 361. The third kappa shape index (κ3) is 4.34. The van der Waals surface area contributed by atoms with Crippen LogP contribution in [0.2, 0.25) is 0 Å². The van der Waals surface area contributed by atoms with Crippen molar-refractivity contribution in [2.24, 2.45) is 0 Å². The monoisotopic (exact) mass is 221 g/mol. The molecular formula is C13H19NO2. The van der Waals surface area contributed by atoms with E-state index in [2.05, 4.69) is 37.4 Å². The fourth-order valence-electron chi connectivity index (χ4n) is 1.49. The number of hydrogen-bond donors (Lipinski definition) is 2. The van der Waals surface area contributed by atoms with E-state index in [0.29, 0.717) is 0 Å². The van der Waals surface area contributed by atoms with Gasteiger partial charge >= 0.3 is 5.97 Å². The topological polar surface area (TPSA) is 49.3 Å². The number of carboxylic acids is 1. The number of aryl methyl sites for hydroxylation is 2. The van der Waals surface area contributed by atoms with E-state index in [1.807, 2.05) is 0 Å². The van der Waals surface area contributed by atoms with E-state index in [1.165, 1.54) is 11.1 Å². The van der Waals surface area contributed by atoms with Crippen LogP contribution >= 0.6 is 0 Å². The first-order valence-corrected chi connectivity index (χ1v) is 5.62. The largest absolute Gasteiger partial charge is 0.481 e. The second-order valence-electron chi connectivity index (χ2n) is 4.08. The minimum absolute atomic E-state index is 0.259. The molecule has 0 heterocycles. The Kier molecular flexibility index (Phi) is 4.83. The Labute approximate surface area is 96.5 Å². The maximum absolute atomic E-state index is 10.3. The second kappa shape index (κ2) is 6.16. The summed E-state index contributed by atoms with van der Waals surface area (Å²) in [6, 6.07) is 6.26. The lowest BCUT2D eigenvalue weighted by Gasteiger charge is -2.08. The molecule has 0 aliphatic heterocycles. The number of rotatable bonds is 6. The molecule has 2 N–H and O–H groups in total. The zero-order valence-corrected chi connectivity index (χ0v) is 9.92. The van der Waals surface area contributed by atoms with Crippen molar-refractivity contribution in [1.29, 1.82) is 0 Å². The Hall–Kier alpha value is -1.51. The third-order valence-corrected chi connectivity index (χ3v) is 2.65. The van der Waals surface area contributed by atoms with Gasteiger partial charge in [-0.3, -0.25) is 4.79 Å². The average molecular weight is 221 g/mol. The number of hydrogen-bond acceptors (Lipinski definition) is 2. The molecule has 0 aromatic heterocycles. The average Bonchev–Trinajstić information content (AvgIpc) is 2.22. The van der Waals surface area contributed by atoms with Crippen molar-refractivity contribution in [3.8, 4) is 0 Å². The van der Waals surface area contributed by atoms with Gasteiger partial charge in [-0.05, 0) is 49.9 Å². The molecule has 16 heavy (non-hydrogen) atoms. The van der Waals surface area contributed by atoms with E-state index >= 15 is 0 Å². The lowest BCUT2D eigenvalue weighted by Crippen LogP contribution is -2.03. The Morgan fingerprint density at radius 3 is 2.62 bits per heavy atom. The number of nitrogens with one attached hydrogen (secondary N) is 1. The summed E-state index contributed by atoms with van der Waals surface area (Å²) in [5.74, 6) is -0.716. The highest BCUT2D eigenvalue weighted by Gasteiger charge is 1.97. The third-order valence-electron chi connectivity index (χ3n) is 2.65. The van der Waals surface area contributed by atoms with Crippen LogP contribution in [0.5, 0.6) is 0 Å². The molecule has 0 fully saturated rings. The zero-order valence-electron chi connectivity index (χ0n) is 9.92. The predicted octanol–water partition coefficient (Wildman–Crippen LogP) is 2.97. The summed E-state index contributed by atoms with van der Waals surface area (Å²) in [7, 11) is 0. The van der Waals surface area contributed by atoms with E-state index in [-0.39, 0.29) is 6.42 Å². The normalized spacial score (nSPS) is 10.1. The summed E-state index contributed by atoms with van der Waals surface area (Å²) in [4.78, 5) is 10.3. The van der Waals surface area contributed by atoms with Gasteiger partial charge in [-0.2, -0.15) is 0 Å². The van der Waals surface area contributed by atoms with Crippen LogP contribution in [0.4, 0.5) is 5.69 Å². The number of carbonyl (C=O) groups is 1. The maximum atomic E-state index is 10.3. The van der Waals surface area contributed by atoms with Gasteiger partial charge in [-0.15, -0.1) is 0 Å². The Morgan fingerprint density at radius 1 is 1.25 bits per heavy atom. The fourth-order valence-corrected chi connectivity index (χ4v) is 1.49. The van der Waals surface area contributed by atoms with Gasteiger partial charge in [-0.25, -0.2) is 0 Å². The van der Waals surface area contributed by atoms with Gasteiger partial charge in [0.1, 0.15) is 0 Å². The summed E-state index contributed by atoms with van der Waals surface area (Å²) in [6.07, 6.45) is 1.88. The number of anilines is 1. The van der Waals surface area contributed by atoms with E-state index in [0.717, 1.165) is 25.1 Å². The highest BCUT2D eigenvalue weighted by atomic mass is 16.4. The molecule has 3 nitrogen and oxygen atoms in total. The van der Waals surface area contributed by atoms with Crippen LogP contribution < -0.4 is 5.32 Å². The number of aliphatic carboxylic acids is 1. The number of carboxylic acid groups (broad SMARTS) is 1.